The Hall–Kier alpha value is -1.39. The van der Waals surface area contributed by atoms with Crippen molar-refractivity contribution < 1.29 is 9.90 Å². The van der Waals surface area contributed by atoms with Gasteiger partial charge in [0, 0.05) is 6.42 Å². The quantitative estimate of drug-likeness (QED) is 0.705. The molecule has 2 rings (SSSR count). The zero-order chi connectivity index (χ0) is 12.3. The van der Waals surface area contributed by atoms with Crippen molar-refractivity contribution in [3.8, 4) is 0 Å². The van der Waals surface area contributed by atoms with Crippen molar-refractivity contribution in [3.63, 3.8) is 0 Å². The first-order valence-corrected chi connectivity index (χ1v) is 5.98. The lowest BCUT2D eigenvalue weighted by Crippen LogP contribution is -2.39. The summed E-state index contributed by atoms with van der Waals surface area (Å²) < 4.78 is 0. The molecule has 0 radical (unpaired) electrons. The van der Waals surface area contributed by atoms with Gasteiger partial charge in [0.25, 0.3) is 0 Å². The molecule has 0 heterocycles. The number of likely N-dealkylation sites (N-methyl/N-ethyl adjacent to an activating group) is 1. The first kappa shape index (κ1) is 12.1. The lowest BCUT2D eigenvalue weighted by molar-refractivity contribution is -0.121. The van der Waals surface area contributed by atoms with Crippen molar-refractivity contribution >= 4 is 5.91 Å². The number of hydrogen-bond acceptors (Lipinski definition) is 3. The van der Waals surface area contributed by atoms with Gasteiger partial charge in [-0.25, -0.2) is 0 Å². The van der Waals surface area contributed by atoms with Gasteiger partial charge in [-0.15, -0.1) is 0 Å². The summed E-state index contributed by atoms with van der Waals surface area (Å²) in [6, 6.07) is 7.57. The summed E-state index contributed by atoms with van der Waals surface area (Å²) in [7, 11) is 0. The number of hydrogen-bond donors (Lipinski definition) is 3. The molecular formula is C13H18N2O2. The molecule has 0 unspecified atom stereocenters. The van der Waals surface area contributed by atoms with E-state index >= 15 is 0 Å². The number of carbonyl (C=O) groups is 1. The van der Waals surface area contributed by atoms with Gasteiger partial charge in [0.15, 0.2) is 0 Å². The third-order valence-electron chi connectivity index (χ3n) is 3.06. The van der Waals surface area contributed by atoms with Crippen LogP contribution in [0.4, 0.5) is 0 Å². The Labute approximate surface area is 101 Å². The van der Waals surface area contributed by atoms with Crippen molar-refractivity contribution in [2.45, 2.75) is 25.5 Å². The first-order chi connectivity index (χ1) is 8.22. The van der Waals surface area contributed by atoms with Gasteiger partial charge in [0.1, 0.15) is 0 Å². The Morgan fingerprint density at radius 2 is 2.24 bits per heavy atom. The van der Waals surface area contributed by atoms with Crippen molar-refractivity contribution in [1.29, 1.82) is 0 Å². The Kier molecular flexibility index (Phi) is 3.76. The summed E-state index contributed by atoms with van der Waals surface area (Å²) in [6.07, 6.45) is 0.0977. The molecule has 1 aromatic rings. The second kappa shape index (κ2) is 5.29. The molecule has 1 aliphatic rings. The van der Waals surface area contributed by atoms with Gasteiger partial charge < -0.3 is 15.7 Å². The molecule has 17 heavy (non-hydrogen) atoms. The van der Waals surface area contributed by atoms with Crippen LogP contribution in [0.25, 0.3) is 0 Å². The van der Waals surface area contributed by atoms with Crippen LogP contribution in [0.2, 0.25) is 0 Å². The highest BCUT2D eigenvalue weighted by Crippen LogP contribution is 2.30. The molecule has 0 aliphatic heterocycles. The van der Waals surface area contributed by atoms with E-state index < -0.39 is 6.10 Å². The summed E-state index contributed by atoms with van der Waals surface area (Å²) in [5.41, 5.74) is 2.15. The third kappa shape index (κ3) is 2.65. The van der Waals surface area contributed by atoms with E-state index in [0.29, 0.717) is 13.0 Å². The molecule has 0 bridgehead atoms. The second-order valence-electron chi connectivity index (χ2n) is 4.30. The van der Waals surface area contributed by atoms with E-state index in [1.54, 1.807) is 0 Å². The lowest BCUT2D eigenvalue weighted by atomic mass is 10.1. The van der Waals surface area contributed by atoms with Crippen molar-refractivity contribution in [1.82, 2.24) is 10.6 Å². The third-order valence-corrected chi connectivity index (χ3v) is 3.06. The first-order valence-electron chi connectivity index (χ1n) is 5.98. The smallest absolute Gasteiger partial charge is 0.234 e. The van der Waals surface area contributed by atoms with Crippen LogP contribution < -0.4 is 10.6 Å². The summed E-state index contributed by atoms with van der Waals surface area (Å²) in [5.74, 6) is -0.0763. The van der Waals surface area contributed by atoms with Crippen LogP contribution >= 0.6 is 0 Å². The standard InChI is InChI=1S/C13H18N2O2/c1-2-14-8-12(17)15-13-10-6-4-3-5-9(10)7-11(13)16/h3-6,11,13-14,16H,2,7-8H2,1H3,(H,15,17)/t11-,13+/m1/s1. The molecule has 4 nitrogen and oxygen atoms in total. The van der Waals surface area contributed by atoms with Gasteiger partial charge in [-0.2, -0.15) is 0 Å². The molecule has 0 fully saturated rings. The fourth-order valence-electron chi connectivity index (χ4n) is 2.21. The van der Waals surface area contributed by atoms with E-state index in [0.717, 1.165) is 17.7 Å². The topological polar surface area (TPSA) is 61.4 Å². The number of carbonyl (C=O) groups excluding carboxylic acids is 1. The molecule has 0 saturated carbocycles. The van der Waals surface area contributed by atoms with Crippen LogP contribution in [0, 0.1) is 0 Å². The van der Waals surface area contributed by atoms with Gasteiger partial charge >= 0.3 is 0 Å². The van der Waals surface area contributed by atoms with Crippen LogP contribution in [0.3, 0.4) is 0 Å². The largest absolute Gasteiger partial charge is 0.390 e. The minimum absolute atomic E-state index is 0.0763. The summed E-state index contributed by atoms with van der Waals surface area (Å²) in [5, 5.41) is 15.8. The predicted molar refractivity (Wildman–Crippen MR) is 65.6 cm³/mol. The van der Waals surface area contributed by atoms with Crippen molar-refractivity contribution in [2.75, 3.05) is 13.1 Å². The Bertz CT molecular complexity index is 406. The Morgan fingerprint density at radius 3 is 3.00 bits per heavy atom. The monoisotopic (exact) mass is 234 g/mol. The SMILES string of the molecule is CCNCC(=O)N[C@H]1c2ccccc2C[C@H]1O. The van der Waals surface area contributed by atoms with E-state index in [1.807, 2.05) is 31.2 Å². The Morgan fingerprint density at radius 1 is 1.47 bits per heavy atom. The maximum absolute atomic E-state index is 11.6. The number of amides is 1. The molecule has 1 aromatic carbocycles. The van der Waals surface area contributed by atoms with Gasteiger partial charge in [-0.1, -0.05) is 31.2 Å². The average Bonchev–Trinajstić information content (AvgIpc) is 2.64. The van der Waals surface area contributed by atoms with Gasteiger partial charge in [-0.3, -0.25) is 4.79 Å². The fraction of sp³-hybridized carbons (Fsp3) is 0.462. The predicted octanol–water partition coefficient (Wildman–Crippen LogP) is 0.370. The highest BCUT2D eigenvalue weighted by Gasteiger charge is 2.31. The molecule has 2 atom stereocenters. The van der Waals surface area contributed by atoms with Crippen LogP contribution in [0.15, 0.2) is 24.3 Å². The molecule has 0 aromatic heterocycles. The molecule has 3 N–H and O–H groups in total. The van der Waals surface area contributed by atoms with Gasteiger partial charge in [-0.05, 0) is 17.7 Å². The van der Waals surface area contributed by atoms with E-state index in [9.17, 15) is 9.90 Å². The van der Waals surface area contributed by atoms with Crippen LogP contribution in [-0.4, -0.2) is 30.2 Å². The fourth-order valence-corrected chi connectivity index (χ4v) is 2.21. The van der Waals surface area contributed by atoms with E-state index in [4.69, 9.17) is 0 Å². The highest BCUT2D eigenvalue weighted by atomic mass is 16.3. The van der Waals surface area contributed by atoms with E-state index in [1.165, 1.54) is 0 Å². The number of nitrogens with one attached hydrogen (secondary N) is 2. The van der Waals surface area contributed by atoms with Crippen LogP contribution in [-0.2, 0) is 11.2 Å². The van der Waals surface area contributed by atoms with Gasteiger partial charge in [0.05, 0.1) is 18.7 Å². The molecule has 0 spiro atoms. The zero-order valence-electron chi connectivity index (χ0n) is 9.94. The minimum Gasteiger partial charge on any atom is -0.390 e. The number of aliphatic hydroxyl groups is 1. The molecule has 92 valence electrons. The van der Waals surface area contributed by atoms with Crippen molar-refractivity contribution in [2.24, 2.45) is 0 Å². The normalized spacial score (nSPS) is 22.2. The van der Waals surface area contributed by atoms with E-state index in [2.05, 4.69) is 10.6 Å². The van der Waals surface area contributed by atoms with Crippen molar-refractivity contribution in [3.05, 3.63) is 35.4 Å². The lowest BCUT2D eigenvalue weighted by Gasteiger charge is -2.18. The molecule has 4 heteroatoms. The zero-order valence-corrected chi connectivity index (χ0v) is 9.94. The van der Waals surface area contributed by atoms with Crippen LogP contribution in [0.5, 0.6) is 0 Å². The minimum atomic E-state index is -0.516. The highest BCUT2D eigenvalue weighted by molar-refractivity contribution is 5.78. The summed E-state index contributed by atoms with van der Waals surface area (Å²) in [4.78, 5) is 11.6. The number of benzene rings is 1. The molecule has 1 aliphatic carbocycles. The van der Waals surface area contributed by atoms with E-state index in [-0.39, 0.29) is 11.9 Å². The Balaban J connectivity index is 2.04. The summed E-state index contributed by atoms with van der Waals surface area (Å²) >= 11 is 0. The maximum Gasteiger partial charge on any atom is 0.234 e. The summed E-state index contributed by atoms with van der Waals surface area (Å²) in [6.45, 7) is 3.01. The average molecular weight is 234 g/mol. The van der Waals surface area contributed by atoms with Gasteiger partial charge in [0.2, 0.25) is 5.91 Å². The number of rotatable bonds is 4. The maximum atomic E-state index is 11.6. The molecule has 1 amide bonds. The second-order valence-corrected chi connectivity index (χ2v) is 4.30. The van der Waals surface area contributed by atoms with Crippen LogP contribution in [0.1, 0.15) is 24.1 Å². The molecule has 0 saturated heterocycles. The number of aliphatic hydroxyl groups excluding tert-OH is 1. The molecular weight excluding hydrogens is 216 g/mol. The number of fused-ring (bicyclic) bond motifs is 1.